The summed E-state index contributed by atoms with van der Waals surface area (Å²) in [6.45, 7) is 4.85. The van der Waals surface area contributed by atoms with Crippen molar-refractivity contribution in [3.63, 3.8) is 0 Å². The average Bonchev–Trinajstić information content (AvgIpc) is 3.47. The molecule has 3 aromatic rings. The van der Waals surface area contributed by atoms with Gasteiger partial charge >= 0.3 is 6.01 Å². The molecule has 192 valence electrons. The molecule has 1 aliphatic carbocycles. The van der Waals surface area contributed by atoms with Crippen molar-refractivity contribution >= 4 is 11.2 Å². The van der Waals surface area contributed by atoms with Gasteiger partial charge in [0.05, 0.1) is 19.3 Å². The molecule has 0 N–H and O–H groups in total. The number of hydrogen-bond acceptors (Lipinski definition) is 6. The van der Waals surface area contributed by atoms with Gasteiger partial charge in [0.2, 0.25) is 5.92 Å². The lowest BCUT2D eigenvalue weighted by atomic mass is 9.79. The van der Waals surface area contributed by atoms with Crippen molar-refractivity contribution in [1.82, 2.24) is 29.3 Å². The van der Waals surface area contributed by atoms with Crippen molar-refractivity contribution in [3.05, 3.63) is 46.7 Å². The van der Waals surface area contributed by atoms with Gasteiger partial charge in [-0.1, -0.05) is 12.1 Å². The average molecular weight is 501 g/mol. The zero-order valence-corrected chi connectivity index (χ0v) is 20.8. The number of methoxy groups -OCH3 is 1. The lowest BCUT2D eigenvalue weighted by Gasteiger charge is -2.34. The first kappa shape index (κ1) is 23.7. The van der Waals surface area contributed by atoms with Gasteiger partial charge in [0.15, 0.2) is 5.65 Å². The number of likely N-dealkylation sites (N-methyl/N-ethyl adjacent to an activating group) is 1. The Balaban J connectivity index is 1.27. The molecular weight excluding hydrogens is 469 g/mol. The first-order valence-corrected chi connectivity index (χ1v) is 12.6. The number of halogens is 3. The van der Waals surface area contributed by atoms with Crippen molar-refractivity contribution in [3.8, 4) is 6.01 Å². The molecule has 2 atom stereocenters. The molecule has 1 saturated carbocycles. The van der Waals surface area contributed by atoms with Crippen LogP contribution in [0.15, 0.2) is 18.2 Å². The maximum atomic E-state index is 15.3. The van der Waals surface area contributed by atoms with Gasteiger partial charge in [0.1, 0.15) is 17.2 Å². The quantitative estimate of drug-likeness (QED) is 0.492. The molecular formula is C26H31F3N6O. The fraction of sp³-hybridized carbons (Fsp3) is 0.577. The van der Waals surface area contributed by atoms with Gasteiger partial charge in [-0.3, -0.25) is 4.90 Å². The molecule has 6 rings (SSSR count). The second-order valence-corrected chi connectivity index (χ2v) is 10.8. The zero-order chi connectivity index (χ0) is 25.2. The molecule has 0 spiro atoms. The number of fused-ring (bicyclic) bond motifs is 3. The summed E-state index contributed by atoms with van der Waals surface area (Å²) in [5.74, 6) is -2.42. The Morgan fingerprint density at radius 1 is 1.08 bits per heavy atom. The number of benzene rings is 1. The molecule has 0 unspecified atom stereocenters. The Bertz CT molecular complexity index is 1300. The molecule has 2 aromatic heterocycles. The maximum Gasteiger partial charge on any atom is 0.318 e. The highest BCUT2D eigenvalue weighted by molar-refractivity contribution is 5.74. The summed E-state index contributed by atoms with van der Waals surface area (Å²) in [4.78, 5) is 18.3. The van der Waals surface area contributed by atoms with E-state index in [1.54, 1.807) is 6.07 Å². The second-order valence-electron chi connectivity index (χ2n) is 10.8. The van der Waals surface area contributed by atoms with Crippen LogP contribution >= 0.6 is 0 Å². The van der Waals surface area contributed by atoms with Crippen molar-refractivity contribution in [2.45, 2.75) is 63.7 Å². The number of alkyl halides is 2. The number of imidazole rings is 1. The van der Waals surface area contributed by atoms with E-state index in [0.29, 0.717) is 46.8 Å². The molecule has 0 radical (unpaired) electrons. The normalized spacial score (nSPS) is 24.1. The molecule has 1 aromatic carbocycles. The second kappa shape index (κ2) is 8.69. The van der Waals surface area contributed by atoms with Crippen molar-refractivity contribution < 1.29 is 17.9 Å². The molecule has 2 saturated heterocycles. The van der Waals surface area contributed by atoms with Gasteiger partial charge in [-0.15, -0.1) is 0 Å². The number of likely N-dealkylation sites (tertiary alicyclic amines) is 2. The molecule has 3 aliphatic rings. The first-order chi connectivity index (χ1) is 17.2. The fourth-order valence-electron chi connectivity index (χ4n) is 6.12. The van der Waals surface area contributed by atoms with Crippen LogP contribution in [-0.4, -0.2) is 74.6 Å². The van der Waals surface area contributed by atoms with E-state index >= 15 is 4.39 Å². The highest BCUT2D eigenvalue weighted by Crippen LogP contribution is 2.44. The van der Waals surface area contributed by atoms with E-state index in [0.717, 1.165) is 25.2 Å². The van der Waals surface area contributed by atoms with E-state index < -0.39 is 5.92 Å². The van der Waals surface area contributed by atoms with E-state index in [4.69, 9.17) is 9.72 Å². The van der Waals surface area contributed by atoms with Gasteiger partial charge < -0.3 is 14.2 Å². The summed E-state index contributed by atoms with van der Waals surface area (Å²) in [7, 11) is 3.66. The molecule has 10 heteroatoms. The topological polar surface area (TPSA) is 59.3 Å². The van der Waals surface area contributed by atoms with Gasteiger partial charge in [0, 0.05) is 56.5 Å². The summed E-state index contributed by atoms with van der Waals surface area (Å²) in [6.07, 6.45) is 1.27. The third-order valence-electron chi connectivity index (χ3n) is 8.12. The van der Waals surface area contributed by atoms with Crippen LogP contribution in [0.1, 0.15) is 41.9 Å². The van der Waals surface area contributed by atoms with Gasteiger partial charge in [-0.2, -0.15) is 9.97 Å². The molecule has 7 nitrogen and oxygen atoms in total. The molecule has 2 bridgehead atoms. The van der Waals surface area contributed by atoms with E-state index in [-0.39, 0.29) is 37.1 Å². The number of nitrogens with zero attached hydrogens (tertiary/aromatic N) is 6. The largest absolute Gasteiger partial charge is 0.467 e. The third kappa shape index (κ3) is 4.24. The molecule has 4 heterocycles. The highest BCUT2D eigenvalue weighted by Gasteiger charge is 2.45. The highest BCUT2D eigenvalue weighted by atomic mass is 19.3. The van der Waals surface area contributed by atoms with Gasteiger partial charge in [0.25, 0.3) is 0 Å². The van der Waals surface area contributed by atoms with Crippen LogP contribution in [0.2, 0.25) is 0 Å². The van der Waals surface area contributed by atoms with Crippen LogP contribution in [0.4, 0.5) is 13.2 Å². The lowest BCUT2D eigenvalue weighted by molar-refractivity contribution is -0.110. The number of aromatic nitrogens is 4. The summed E-state index contributed by atoms with van der Waals surface area (Å²) in [5.41, 5.74) is 3.22. The van der Waals surface area contributed by atoms with Crippen LogP contribution in [-0.2, 0) is 19.5 Å². The van der Waals surface area contributed by atoms with E-state index in [9.17, 15) is 8.78 Å². The Labute approximate surface area is 208 Å². The predicted molar refractivity (Wildman–Crippen MR) is 129 cm³/mol. The summed E-state index contributed by atoms with van der Waals surface area (Å²) < 4.78 is 49.4. The monoisotopic (exact) mass is 500 g/mol. The zero-order valence-electron chi connectivity index (χ0n) is 20.8. The minimum Gasteiger partial charge on any atom is -0.467 e. The Morgan fingerprint density at radius 2 is 1.89 bits per heavy atom. The Kier molecular flexibility index (Phi) is 5.71. The summed E-state index contributed by atoms with van der Waals surface area (Å²) in [6, 6.07) is 6.77. The molecule has 3 fully saturated rings. The smallest absolute Gasteiger partial charge is 0.318 e. The first-order valence-electron chi connectivity index (χ1n) is 12.6. The van der Waals surface area contributed by atoms with Crippen LogP contribution in [0.3, 0.4) is 0 Å². The van der Waals surface area contributed by atoms with Crippen LogP contribution < -0.4 is 4.74 Å². The maximum absolute atomic E-state index is 15.3. The van der Waals surface area contributed by atoms with Crippen molar-refractivity contribution in [2.75, 3.05) is 27.2 Å². The molecule has 0 amide bonds. The van der Waals surface area contributed by atoms with Gasteiger partial charge in [-0.25, -0.2) is 18.2 Å². The van der Waals surface area contributed by atoms with Crippen molar-refractivity contribution in [2.24, 2.45) is 5.92 Å². The summed E-state index contributed by atoms with van der Waals surface area (Å²) in [5, 5.41) is 0. The summed E-state index contributed by atoms with van der Waals surface area (Å²) >= 11 is 0. The number of aryl methyl sites for hydroxylation is 1. The molecule has 36 heavy (non-hydrogen) atoms. The van der Waals surface area contributed by atoms with E-state index in [1.165, 1.54) is 13.5 Å². The standard InChI is InChI=1S/C26H31F3N6O/c1-15-23-24(32-25(30-15)36-3)35(22(31-23)7-17-9-26(28,29)10-17)12-18-5-4-16(6-21(18)27)11-34-14-19-8-20(34)13-33(19)2/h4-6,17,19-20H,7-14H2,1-3H3/t19-,20-/m1/s1. The number of piperazine rings is 1. The number of hydrogen-bond donors (Lipinski definition) is 0. The van der Waals surface area contributed by atoms with Crippen LogP contribution in [0.25, 0.3) is 11.2 Å². The van der Waals surface area contributed by atoms with Crippen LogP contribution in [0.5, 0.6) is 6.01 Å². The fourth-order valence-corrected chi connectivity index (χ4v) is 6.12. The van der Waals surface area contributed by atoms with Gasteiger partial charge in [-0.05, 0) is 37.9 Å². The number of rotatable bonds is 7. The third-order valence-corrected chi connectivity index (χ3v) is 8.12. The number of ether oxygens (including phenoxy) is 1. The lowest BCUT2D eigenvalue weighted by Crippen LogP contribution is -2.43. The minimum atomic E-state index is -2.60. The predicted octanol–water partition coefficient (Wildman–Crippen LogP) is 3.81. The minimum absolute atomic E-state index is 0.151. The van der Waals surface area contributed by atoms with Crippen molar-refractivity contribution in [1.29, 1.82) is 0 Å². The Hall–Kier alpha value is -2.72. The van der Waals surface area contributed by atoms with E-state index in [2.05, 4.69) is 26.8 Å². The van der Waals surface area contributed by atoms with E-state index in [1.807, 2.05) is 23.6 Å². The Morgan fingerprint density at radius 3 is 2.53 bits per heavy atom. The van der Waals surface area contributed by atoms with Crippen LogP contribution in [0, 0.1) is 18.7 Å². The molecule has 2 aliphatic heterocycles. The SMILES string of the molecule is COc1nc(C)c2nc(CC3CC(F)(F)C3)n(Cc3ccc(CN4C[C@H]5C[C@@H]4CN5C)cc3F)c2n1.